The van der Waals surface area contributed by atoms with Crippen molar-refractivity contribution in [1.29, 1.82) is 0 Å². The predicted octanol–water partition coefficient (Wildman–Crippen LogP) is 3.61. The Labute approximate surface area is 210 Å². The number of imidazole rings is 1. The fourth-order valence-corrected chi connectivity index (χ4v) is 4.66. The third-order valence-corrected chi connectivity index (χ3v) is 6.45. The summed E-state index contributed by atoms with van der Waals surface area (Å²) in [5.74, 6) is 1.33. The van der Waals surface area contributed by atoms with Crippen LogP contribution in [0.25, 0.3) is 28.9 Å². The molecule has 190 valence electrons. The number of nitrogen functional groups attached to an aromatic ring is 1. The number of hydrogen-bond donors (Lipinski definition) is 1. The Morgan fingerprint density at radius 1 is 1.19 bits per heavy atom. The molecule has 1 aliphatic heterocycles. The van der Waals surface area contributed by atoms with Crippen molar-refractivity contribution in [3.05, 3.63) is 41.6 Å². The predicted molar refractivity (Wildman–Crippen MR) is 141 cm³/mol. The number of nitrogens with two attached hydrogens (primary N) is 1. The van der Waals surface area contributed by atoms with Crippen LogP contribution in [0.1, 0.15) is 44.6 Å². The fourth-order valence-electron chi connectivity index (χ4n) is 4.66. The molecule has 0 aromatic carbocycles. The molecular weight excluding hydrogens is 456 g/mol. The van der Waals surface area contributed by atoms with Crippen LogP contribution >= 0.6 is 0 Å². The zero-order valence-corrected chi connectivity index (χ0v) is 21.8. The average molecular weight is 491 g/mol. The maximum Gasteiger partial charge on any atom is 0.240 e. The number of rotatable bonds is 3. The van der Waals surface area contributed by atoms with Crippen molar-refractivity contribution in [3.8, 4) is 22.9 Å². The second-order valence-electron chi connectivity index (χ2n) is 9.59. The van der Waals surface area contributed by atoms with Gasteiger partial charge in [-0.3, -0.25) is 14.0 Å². The molecule has 36 heavy (non-hydrogen) atoms. The van der Waals surface area contributed by atoms with Crippen LogP contribution in [0.5, 0.6) is 11.8 Å². The summed E-state index contributed by atoms with van der Waals surface area (Å²) in [7, 11) is 3.85. The third kappa shape index (κ3) is 4.32. The van der Waals surface area contributed by atoms with E-state index in [4.69, 9.17) is 20.3 Å². The average Bonchev–Trinajstić information content (AvgIpc) is 3.47. The number of likely N-dealkylation sites (N-methyl/N-ethyl adjacent to an activating group) is 1. The second kappa shape index (κ2) is 9.34. The molecule has 0 saturated heterocycles. The fraction of sp³-hybridized carbons (Fsp3) is 0.423. The van der Waals surface area contributed by atoms with E-state index in [2.05, 4.69) is 34.9 Å². The highest BCUT2D eigenvalue weighted by Crippen LogP contribution is 2.34. The van der Waals surface area contributed by atoms with Crippen molar-refractivity contribution >= 4 is 23.5 Å². The summed E-state index contributed by atoms with van der Waals surface area (Å²) in [5, 5.41) is 9.18. The molecule has 10 nitrogen and oxygen atoms in total. The number of fused-ring (bicyclic) bond motifs is 4. The molecule has 5 rings (SSSR count). The van der Waals surface area contributed by atoms with E-state index in [9.17, 15) is 0 Å². The first-order valence-corrected chi connectivity index (χ1v) is 12.3. The maximum atomic E-state index is 6.47. The molecule has 4 aromatic heterocycles. The molecule has 0 spiro atoms. The first kappa shape index (κ1) is 23.9. The van der Waals surface area contributed by atoms with Gasteiger partial charge < -0.3 is 15.2 Å². The van der Waals surface area contributed by atoms with Crippen LogP contribution < -0.4 is 15.2 Å². The second-order valence-corrected chi connectivity index (χ2v) is 9.59. The van der Waals surface area contributed by atoms with Gasteiger partial charge in [-0.25, -0.2) is 9.67 Å². The van der Waals surface area contributed by atoms with E-state index in [0.29, 0.717) is 29.6 Å². The van der Waals surface area contributed by atoms with Gasteiger partial charge in [-0.1, -0.05) is 6.92 Å². The summed E-state index contributed by atoms with van der Waals surface area (Å²) in [6.07, 6.45) is 9.71. The van der Waals surface area contributed by atoms with Crippen LogP contribution in [-0.2, 0) is 20.6 Å². The first-order chi connectivity index (χ1) is 17.2. The summed E-state index contributed by atoms with van der Waals surface area (Å²) in [5.41, 5.74) is 12.4. The van der Waals surface area contributed by atoms with E-state index in [1.54, 1.807) is 4.68 Å². The van der Waals surface area contributed by atoms with Gasteiger partial charge in [-0.2, -0.15) is 5.10 Å². The Balaban J connectivity index is 1.72. The SMILES string of the molecule is CCN1Cc2c(c(OC(C)C)nn2C)/C=C/c2cnc3c(N)cc(cn23)-c2cnn(C)c2O[C@@H](C)C1. The van der Waals surface area contributed by atoms with Gasteiger partial charge >= 0.3 is 0 Å². The van der Waals surface area contributed by atoms with Crippen molar-refractivity contribution in [1.82, 2.24) is 33.8 Å². The van der Waals surface area contributed by atoms with Crippen molar-refractivity contribution in [3.63, 3.8) is 0 Å². The molecule has 1 atom stereocenters. The lowest BCUT2D eigenvalue weighted by atomic mass is 10.1. The molecule has 5 heterocycles. The molecule has 2 N–H and O–H groups in total. The molecule has 10 heteroatoms. The van der Waals surface area contributed by atoms with E-state index in [1.807, 2.05) is 67.8 Å². The summed E-state index contributed by atoms with van der Waals surface area (Å²) in [6, 6.07) is 1.93. The molecule has 0 saturated carbocycles. The van der Waals surface area contributed by atoms with Crippen molar-refractivity contribution in [2.75, 3.05) is 18.8 Å². The van der Waals surface area contributed by atoms with Crippen LogP contribution in [0.4, 0.5) is 5.69 Å². The number of anilines is 1. The summed E-state index contributed by atoms with van der Waals surface area (Å²) >= 11 is 0. The van der Waals surface area contributed by atoms with Gasteiger partial charge in [-0.15, -0.1) is 5.10 Å². The number of aryl methyl sites for hydroxylation is 2. The van der Waals surface area contributed by atoms with Crippen molar-refractivity contribution in [2.45, 2.75) is 46.4 Å². The Bertz CT molecular complexity index is 1430. The Hall–Kier alpha value is -3.79. The number of ether oxygens (including phenoxy) is 2. The zero-order chi connectivity index (χ0) is 25.6. The van der Waals surface area contributed by atoms with E-state index in [-0.39, 0.29) is 12.2 Å². The minimum atomic E-state index is -0.0762. The lowest BCUT2D eigenvalue weighted by Gasteiger charge is -2.25. The lowest BCUT2D eigenvalue weighted by Crippen LogP contribution is -2.34. The van der Waals surface area contributed by atoms with Crippen molar-refractivity contribution < 1.29 is 9.47 Å². The van der Waals surface area contributed by atoms with Crippen molar-refractivity contribution in [2.24, 2.45) is 14.1 Å². The lowest BCUT2D eigenvalue weighted by molar-refractivity contribution is 0.134. The molecule has 0 fully saturated rings. The molecule has 0 aliphatic carbocycles. The largest absolute Gasteiger partial charge is 0.473 e. The highest BCUT2D eigenvalue weighted by atomic mass is 16.5. The molecule has 0 amide bonds. The minimum Gasteiger partial charge on any atom is -0.473 e. The standard InChI is InChI=1S/C26H34N8O2/c1-7-33-13-17(4)36-26-21(12-29-32(26)6)18-10-22(27)24-28-11-19(34(24)14-18)8-9-20-23(15-33)31(5)30-25(20)35-16(2)3/h8-12,14,16-17H,7,13,15,27H2,1-6H3/b9-8+/t17-/m0/s1. The maximum absolute atomic E-state index is 6.47. The molecule has 2 bridgehead atoms. The quantitative estimate of drug-likeness (QED) is 0.468. The smallest absolute Gasteiger partial charge is 0.240 e. The highest BCUT2D eigenvalue weighted by Gasteiger charge is 2.23. The van der Waals surface area contributed by atoms with Crippen LogP contribution in [0.2, 0.25) is 0 Å². The van der Waals surface area contributed by atoms with Crippen LogP contribution in [0.15, 0.2) is 24.7 Å². The Morgan fingerprint density at radius 3 is 2.75 bits per heavy atom. The highest BCUT2D eigenvalue weighted by molar-refractivity contribution is 5.79. The minimum absolute atomic E-state index is 0.00924. The normalized spacial score (nSPS) is 17.5. The summed E-state index contributed by atoms with van der Waals surface area (Å²) in [4.78, 5) is 6.92. The van der Waals surface area contributed by atoms with Gasteiger partial charge in [0.1, 0.15) is 6.10 Å². The van der Waals surface area contributed by atoms with E-state index >= 15 is 0 Å². The first-order valence-electron chi connectivity index (χ1n) is 12.3. The molecular formula is C26H34N8O2. The Kier molecular flexibility index (Phi) is 6.21. The summed E-state index contributed by atoms with van der Waals surface area (Å²) < 4.78 is 18.2. The van der Waals surface area contributed by atoms with Gasteiger partial charge in [0.15, 0.2) is 5.65 Å². The van der Waals surface area contributed by atoms with Gasteiger partial charge in [0, 0.05) is 38.9 Å². The monoisotopic (exact) mass is 490 g/mol. The van der Waals surface area contributed by atoms with Gasteiger partial charge in [-0.05, 0) is 45.5 Å². The van der Waals surface area contributed by atoms with Crippen LogP contribution in [-0.4, -0.2) is 59.1 Å². The van der Waals surface area contributed by atoms with Crippen LogP contribution in [0, 0.1) is 0 Å². The van der Waals surface area contributed by atoms with Crippen LogP contribution in [0.3, 0.4) is 0 Å². The number of hydrogen-bond acceptors (Lipinski definition) is 7. The van der Waals surface area contributed by atoms with Gasteiger partial charge in [0.2, 0.25) is 11.8 Å². The number of nitrogens with zero attached hydrogens (tertiary/aromatic N) is 7. The van der Waals surface area contributed by atoms with Gasteiger partial charge in [0.25, 0.3) is 0 Å². The zero-order valence-electron chi connectivity index (χ0n) is 21.8. The number of pyridine rings is 1. The summed E-state index contributed by atoms with van der Waals surface area (Å²) in [6.45, 7) is 10.6. The third-order valence-electron chi connectivity index (χ3n) is 6.45. The van der Waals surface area contributed by atoms with E-state index < -0.39 is 0 Å². The molecule has 0 unspecified atom stereocenters. The number of aromatic nitrogens is 6. The van der Waals surface area contributed by atoms with E-state index in [1.165, 1.54) is 0 Å². The topological polar surface area (TPSA) is 101 Å². The molecule has 1 aliphatic rings. The molecule has 0 radical (unpaired) electrons. The van der Waals surface area contributed by atoms with E-state index in [0.717, 1.165) is 41.2 Å². The molecule has 4 aromatic rings. The van der Waals surface area contributed by atoms with Gasteiger partial charge in [0.05, 0.1) is 46.7 Å². The Morgan fingerprint density at radius 2 is 2.00 bits per heavy atom.